The largest absolute Gasteiger partial charge is 0.325 e. The van der Waals surface area contributed by atoms with Crippen molar-refractivity contribution in [3.05, 3.63) is 66.4 Å². The first-order valence-corrected chi connectivity index (χ1v) is 10.6. The highest BCUT2D eigenvalue weighted by Gasteiger charge is 2.16. The van der Waals surface area contributed by atoms with Crippen LogP contribution >= 0.6 is 11.8 Å². The zero-order valence-electron chi connectivity index (χ0n) is 13.4. The van der Waals surface area contributed by atoms with Gasteiger partial charge in [-0.3, -0.25) is 4.72 Å². The minimum atomic E-state index is -3.44. The summed E-state index contributed by atoms with van der Waals surface area (Å²) < 4.78 is 29.4. The molecule has 0 bridgehead atoms. The van der Waals surface area contributed by atoms with Crippen molar-refractivity contribution >= 4 is 27.5 Å². The minimum Gasteiger partial charge on any atom is -0.325 e. The third-order valence-electron chi connectivity index (χ3n) is 3.96. The van der Waals surface area contributed by atoms with E-state index in [2.05, 4.69) is 14.3 Å². The molecule has 3 aromatic rings. The van der Waals surface area contributed by atoms with Gasteiger partial charge in [0.25, 0.3) is 0 Å². The van der Waals surface area contributed by atoms with E-state index in [1.165, 1.54) is 0 Å². The number of hydrogen-bond acceptors (Lipinski definition) is 4. The fourth-order valence-electron chi connectivity index (χ4n) is 2.77. The smallest absolute Gasteiger partial charge is 0.236 e. The molecule has 1 aliphatic rings. The summed E-state index contributed by atoms with van der Waals surface area (Å²) in [7, 11) is -3.44. The molecular formula is C18H17N3O2S2. The molecule has 0 atom stereocenters. The average Bonchev–Trinajstić information content (AvgIpc) is 3.17. The third kappa shape index (κ3) is 3.72. The first kappa shape index (κ1) is 16.2. The van der Waals surface area contributed by atoms with Crippen molar-refractivity contribution in [2.24, 2.45) is 0 Å². The SMILES string of the molecule is O=S(=O)(Cc1ccccc1)Nc1ccc(-c2cn3c(n2)SCC3)cc1. The predicted molar refractivity (Wildman–Crippen MR) is 101 cm³/mol. The third-order valence-corrected chi connectivity index (χ3v) is 6.19. The standard InChI is InChI=1S/C18H17N3O2S2/c22-25(23,13-14-4-2-1-3-5-14)20-16-8-6-15(7-9-16)17-12-21-10-11-24-18(21)19-17/h1-9,12,20H,10-11,13H2. The van der Waals surface area contributed by atoms with E-state index in [-0.39, 0.29) is 5.75 Å². The van der Waals surface area contributed by atoms with Crippen LogP contribution in [0.2, 0.25) is 0 Å². The Morgan fingerprint density at radius 3 is 2.56 bits per heavy atom. The van der Waals surface area contributed by atoms with Gasteiger partial charge in [0.15, 0.2) is 5.16 Å². The maximum absolute atomic E-state index is 12.3. The molecule has 7 heteroatoms. The number of fused-ring (bicyclic) bond motifs is 1. The lowest BCUT2D eigenvalue weighted by atomic mass is 10.1. The maximum atomic E-state index is 12.3. The summed E-state index contributed by atoms with van der Waals surface area (Å²) in [5.74, 6) is 1.03. The number of hydrogen-bond donors (Lipinski definition) is 1. The number of nitrogens with one attached hydrogen (secondary N) is 1. The van der Waals surface area contributed by atoms with Crippen LogP contribution in [-0.2, 0) is 22.3 Å². The van der Waals surface area contributed by atoms with Crippen molar-refractivity contribution in [1.29, 1.82) is 0 Å². The second-order valence-corrected chi connectivity index (χ2v) is 8.66. The Hall–Kier alpha value is -2.25. The lowest BCUT2D eigenvalue weighted by Gasteiger charge is -2.08. The molecule has 2 aromatic carbocycles. The van der Waals surface area contributed by atoms with E-state index >= 15 is 0 Å². The van der Waals surface area contributed by atoms with E-state index in [4.69, 9.17) is 0 Å². The molecule has 1 N–H and O–H groups in total. The van der Waals surface area contributed by atoms with E-state index in [0.29, 0.717) is 5.69 Å². The molecule has 128 valence electrons. The summed E-state index contributed by atoms with van der Waals surface area (Å²) in [6, 6.07) is 16.5. The zero-order valence-corrected chi connectivity index (χ0v) is 15.1. The lowest BCUT2D eigenvalue weighted by molar-refractivity contribution is 0.600. The highest BCUT2D eigenvalue weighted by atomic mass is 32.2. The molecule has 0 amide bonds. The number of benzene rings is 2. The van der Waals surface area contributed by atoms with Crippen molar-refractivity contribution in [2.75, 3.05) is 10.5 Å². The van der Waals surface area contributed by atoms with E-state index in [1.807, 2.05) is 36.5 Å². The van der Waals surface area contributed by atoms with Gasteiger partial charge in [0, 0.05) is 29.7 Å². The molecule has 25 heavy (non-hydrogen) atoms. The molecule has 2 heterocycles. The Balaban J connectivity index is 1.48. The van der Waals surface area contributed by atoms with Crippen LogP contribution < -0.4 is 4.72 Å². The van der Waals surface area contributed by atoms with Crippen molar-refractivity contribution in [3.8, 4) is 11.3 Å². The molecular weight excluding hydrogens is 354 g/mol. The number of nitrogens with zero attached hydrogens (tertiary/aromatic N) is 2. The van der Waals surface area contributed by atoms with Crippen molar-refractivity contribution in [2.45, 2.75) is 17.5 Å². The Labute approximate surface area is 151 Å². The second-order valence-electron chi connectivity index (χ2n) is 5.87. The molecule has 0 saturated carbocycles. The van der Waals surface area contributed by atoms with Crippen molar-refractivity contribution in [3.63, 3.8) is 0 Å². The summed E-state index contributed by atoms with van der Waals surface area (Å²) in [5, 5.41) is 1.04. The van der Waals surface area contributed by atoms with E-state index < -0.39 is 10.0 Å². The van der Waals surface area contributed by atoms with Crippen LogP contribution in [0.25, 0.3) is 11.3 Å². The van der Waals surface area contributed by atoms with Gasteiger partial charge >= 0.3 is 0 Å². The van der Waals surface area contributed by atoms with Gasteiger partial charge in [0.1, 0.15) is 0 Å². The van der Waals surface area contributed by atoms with Crippen LogP contribution in [0.1, 0.15) is 5.56 Å². The normalized spacial score (nSPS) is 13.6. The molecule has 0 spiro atoms. The van der Waals surface area contributed by atoms with E-state index in [1.54, 1.807) is 36.0 Å². The summed E-state index contributed by atoms with van der Waals surface area (Å²) in [4.78, 5) is 4.61. The highest BCUT2D eigenvalue weighted by molar-refractivity contribution is 7.99. The van der Waals surface area contributed by atoms with Gasteiger partial charge in [-0.15, -0.1) is 0 Å². The molecule has 5 nitrogen and oxygen atoms in total. The zero-order chi connectivity index (χ0) is 17.3. The fraction of sp³-hybridized carbons (Fsp3) is 0.167. The van der Waals surface area contributed by atoms with Crippen molar-refractivity contribution in [1.82, 2.24) is 9.55 Å². The van der Waals surface area contributed by atoms with Crippen LogP contribution in [0, 0.1) is 0 Å². The summed E-state index contributed by atoms with van der Waals surface area (Å²) in [6.45, 7) is 0.990. The fourth-order valence-corrected chi connectivity index (χ4v) is 4.91. The molecule has 0 aliphatic carbocycles. The molecule has 0 fully saturated rings. The molecule has 0 unspecified atom stereocenters. The monoisotopic (exact) mass is 371 g/mol. The van der Waals surface area contributed by atoms with Gasteiger partial charge in [-0.25, -0.2) is 13.4 Å². The van der Waals surface area contributed by atoms with Gasteiger partial charge in [0.05, 0.1) is 11.4 Å². The Kier molecular flexibility index (Phi) is 4.27. The topological polar surface area (TPSA) is 64.0 Å². The number of aromatic nitrogens is 2. The highest BCUT2D eigenvalue weighted by Crippen LogP contribution is 2.29. The number of thioether (sulfide) groups is 1. The van der Waals surface area contributed by atoms with Crippen LogP contribution in [0.5, 0.6) is 0 Å². The Bertz CT molecular complexity index is 959. The summed E-state index contributed by atoms with van der Waals surface area (Å²) in [5.41, 5.74) is 3.21. The number of imidazole rings is 1. The second kappa shape index (κ2) is 6.57. The van der Waals surface area contributed by atoms with Gasteiger partial charge < -0.3 is 4.57 Å². The van der Waals surface area contributed by atoms with Crippen molar-refractivity contribution < 1.29 is 8.42 Å². The number of anilines is 1. The quantitative estimate of drug-likeness (QED) is 0.744. The van der Waals surface area contributed by atoms with Crippen LogP contribution in [0.4, 0.5) is 5.69 Å². The molecule has 0 radical (unpaired) electrons. The average molecular weight is 371 g/mol. The van der Waals surface area contributed by atoms with Gasteiger partial charge in [-0.1, -0.05) is 54.2 Å². The maximum Gasteiger partial charge on any atom is 0.236 e. The minimum absolute atomic E-state index is 0.0411. The molecule has 0 saturated heterocycles. The molecule has 1 aliphatic heterocycles. The van der Waals surface area contributed by atoms with E-state index in [9.17, 15) is 8.42 Å². The first-order chi connectivity index (χ1) is 12.1. The van der Waals surface area contributed by atoms with Gasteiger partial charge in [-0.05, 0) is 17.7 Å². The summed E-state index contributed by atoms with van der Waals surface area (Å²) >= 11 is 1.76. The van der Waals surface area contributed by atoms with Gasteiger partial charge in [-0.2, -0.15) is 0 Å². The molecule has 1 aromatic heterocycles. The van der Waals surface area contributed by atoms with Crippen LogP contribution in [0.3, 0.4) is 0 Å². The van der Waals surface area contributed by atoms with Crippen LogP contribution in [0.15, 0.2) is 66.0 Å². The Morgan fingerprint density at radius 1 is 1.08 bits per heavy atom. The predicted octanol–water partition coefficient (Wildman–Crippen LogP) is 3.60. The first-order valence-electron chi connectivity index (χ1n) is 7.94. The van der Waals surface area contributed by atoms with E-state index in [0.717, 1.165) is 34.3 Å². The lowest BCUT2D eigenvalue weighted by Crippen LogP contribution is -2.14. The van der Waals surface area contributed by atoms with Crippen LogP contribution in [-0.4, -0.2) is 23.7 Å². The number of rotatable bonds is 5. The number of sulfonamides is 1. The molecule has 4 rings (SSSR count). The number of aryl methyl sites for hydroxylation is 1. The Morgan fingerprint density at radius 2 is 1.84 bits per heavy atom. The van der Waals surface area contributed by atoms with Gasteiger partial charge in [0.2, 0.25) is 10.0 Å². The summed E-state index contributed by atoms with van der Waals surface area (Å²) in [6.07, 6.45) is 2.05.